The van der Waals surface area contributed by atoms with Gasteiger partial charge in [0.15, 0.2) is 0 Å². The summed E-state index contributed by atoms with van der Waals surface area (Å²) in [6.45, 7) is 18.4. The van der Waals surface area contributed by atoms with Crippen molar-refractivity contribution in [2.45, 2.75) is 69.5 Å². The summed E-state index contributed by atoms with van der Waals surface area (Å²) < 4.78 is -0.755. The number of carbonyl (C=O) groups excluding carboxylic acids is 3. The maximum Gasteiger partial charge on any atom is 0.251 e. The predicted octanol–water partition coefficient (Wildman–Crippen LogP) is 4.21. The van der Waals surface area contributed by atoms with E-state index in [1.54, 1.807) is 45.7 Å². The van der Waals surface area contributed by atoms with Crippen molar-refractivity contribution in [3.05, 3.63) is 54.6 Å². The van der Waals surface area contributed by atoms with Gasteiger partial charge in [0.05, 0.1) is 29.2 Å². The molecule has 4 rings (SSSR count). The molecule has 0 aromatic heterocycles. The Morgan fingerprint density at radius 2 is 1.80 bits per heavy atom. The number of aliphatic hydroxyl groups is 1. The molecule has 2 bridgehead atoms. The molecule has 3 saturated heterocycles. The third kappa shape index (κ3) is 4.71. The van der Waals surface area contributed by atoms with Gasteiger partial charge >= 0.3 is 0 Å². The molecule has 1 aromatic carbocycles. The Morgan fingerprint density at radius 3 is 2.35 bits per heavy atom. The zero-order chi connectivity index (χ0) is 29.5. The Morgan fingerprint density at radius 1 is 1.18 bits per heavy atom. The van der Waals surface area contributed by atoms with E-state index < -0.39 is 28.7 Å². The van der Waals surface area contributed by atoms with Crippen LogP contribution in [0, 0.1) is 37.5 Å². The van der Waals surface area contributed by atoms with Gasteiger partial charge in [0.1, 0.15) is 6.04 Å². The minimum Gasteiger partial charge on any atom is -0.394 e. The summed E-state index contributed by atoms with van der Waals surface area (Å²) in [5, 5.41) is 10.6. The number of likely N-dealkylation sites (tertiary alicyclic amines) is 1. The zero-order valence-electron chi connectivity index (χ0n) is 24.8. The number of thioether (sulfide) groups is 1. The van der Waals surface area contributed by atoms with Crippen molar-refractivity contribution in [3.63, 3.8) is 0 Å². The smallest absolute Gasteiger partial charge is 0.251 e. The predicted molar refractivity (Wildman–Crippen MR) is 162 cm³/mol. The monoisotopic (exact) mass is 567 g/mol. The summed E-state index contributed by atoms with van der Waals surface area (Å²) in [5.41, 5.74) is 2.76. The van der Waals surface area contributed by atoms with Gasteiger partial charge in [-0.2, -0.15) is 0 Å². The first-order valence-corrected chi connectivity index (χ1v) is 15.3. The Labute approximate surface area is 243 Å². The van der Waals surface area contributed by atoms with Gasteiger partial charge in [-0.25, -0.2) is 0 Å². The quantitative estimate of drug-likeness (QED) is 0.405. The fourth-order valence-electron chi connectivity index (χ4n) is 7.57. The summed E-state index contributed by atoms with van der Waals surface area (Å²) in [4.78, 5) is 48.4. The molecule has 7 atom stereocenters. The number of rotatable bonds is 11. The van der Waals surface area contributed by atoms with Gasteiger partial charge in [0.2, 0.25) is 11.8 Å². The molecule has 3 unspecified atom stereocenters. The van der Waals surface area contributed by atoms with E-state index in [1.807, 2.05) is 32.0 Å². The van der Waals surface area contributed by atoms with Crippen LogP contribution in [0.3, 0.4) is 0 Å². The molecule has 0 radical (unpaired) electrons. The van der Waals surface area contributed by atoms with Crippen molar-refractivity contribution in [3.8, 4) is 0 Å². The van der Waals surface area contributed by atoms with Crippen molar-refractivity contribution in [1.29, 1.82) is 0 Å². The second-order valence-corrected chi connectivity index (χ2v) is 13.8. The standard InChI is InChI=1S/C32H45N3O4S/c1-9-14-33(8)29(37)25-24-17-22(7)32(40-24)26(25)30(38)35(23(18-36)16-19(3)4)28(32)31(39)34(15-10-2)27-20(5)12-11-13-21(27)6/h9-13,19,22-26,28,36H,1-2,14-18H2,3-8H3/t22?,23-,24-,25+,26+,28?,32?/m1/s1. The highest BCUT2D eigenvalue weighted by atomic mass is 32.2. The highest BCUT2D eigenvalue weighted by Crippen LogP contribution is 2.69. The average Bonchev–Trinajstić information content (AvgIpc) is 3.49. The van der Waals surface area contributed by atoms with E-state index in [4.69, 9.17) is 0 Å². The molecule has 7 nitrogen and oxygen atoms in total. The summed E-state index contributed by atoms with van der Waals surface area (Å²) in [5.74, 6) is -1.28. The van der Waals surface area contributed by atoms with Crippen LogP contribution in [-0.4, -0.2) is 81.5 Å². The first kappa shape index (κ1) is 30.4. The number of aryl methyl sites for hydroxylation is 2. The second kappa shape index (κ2) is 11.7. The van der Waals surface area contributed by atoms with Crippen LogP contribution in [0.2, 0.25) is 0 Å². The van der Waals surface area contributed by atoms with E-state index in [0.29, 0.717) is 19.5 Å². The van der Waals surface area contributed by atoms with E-state index in [2.05, 4.69) is 33.9 Å². The van der Waals surface area contributed by atoms with Crippen molar-refractivity contribution in [2.24, 2.45) is 23.7 Å². The summed E-state index contributed by atoms with van der Waals surface area (Å²) in [6.07, 6.45) is 4.74. The van der Waals surface area contributed by atoms with Gasteiger partial charge < -0.3 is 19.8 Å². The molecular weight excluding hydrogens is 522 g/mol. The van der Waals surface area contributed by atoms with Crippen LogP contribution in [0.5, 0.6) is 0 Å². The highest BCUT2D eigenvalue weighted by Gasteiger charge is 2.77. The average molecular weight is 568 g/mol. The number of likely N-dealkylation sites (N-methyl/N-ethyl adjacent to an activating group) is 1. The van der Waals surface area contributed by atoms with E-state index in [9.17, 15) is 19.5 Å². The number of carbonyl (C=O) groups is 3. The largest absolute Gasteiger partial charge is 0.394 e. The maximum absolute atomic E-state index is 15.0. The Bertz CT molecular complexity index is 1160. The van der Waals surface area contributed by atoms with E-state index in [1.165, 1.54) is 0 Å². The minimum absolute atomic E-state index is 0.0353. The fourth-order valence-corrected chi connectivity index (χ4v) is 9.97. The molecular formula is C32H45N3O4S. The molecule has 8 heteroatoms. The molecule has 3 fully saturated rings. The normalized spacial score (nSPS) is 29.4. The maximum atomic E-state index is 15.0. The molecule has 3 amide bonds. The molecule has 3 aliphatic rings. The molecule has 1 aromatic rings. The number of hydrogen-bond acceptors (Lipinski definition) is 5. The van der Waals surface area contributed by atoms with Crippen LogP contribution in [0.25, 0.3) is 0 Å². The second-order valence-electron chi connectivity index (χ2n) is 12.2. The molecule has 3 aliphatic heterocycles. The Hall–Kier alpha value is -2.58. The molecule has 218 valence electrons. The van der Waals surface area contributed by atoms with Crippen LogP contribution in [0.4, 0.5) is 5.69 Å². The lowest BCUT2D eigenvalue weighted by molar-refractivity contribution is -0.145. The van der Waals surface area contributed by atoms with Gasteiger partial charge in [-0.05, 0) is 49.7 Å². The number of hydrogen-bond donors (Lipinski definition) is 1. The molecule has 0 saturated carbocycles. The van der Waals surface area contributed by atoms with Crippen LogP contribution in [0.15, 0.2) is 43.5 Å². The topological polar surface area (TPSA) is 81.2 Å². The fraction of sp³-hybridized carbons (Fsp3) is 0.594. The molecule has 0 aliphatic carbocycles. The molecule has 3 heterocycles. The van der Waals surface area contributed by atoms with Crippen molar-refractivity contribution < 1.29 is 19.5 Å². The van der Waals surface area contributed by atoms with E-state index >= 15 is 0 Å². The lowest BCUT2D eigenvalue weighted by Crippen LogP contribution is -2.59. The van der Waals surface area contributed by atoms with Gasteiger partial charge in [-0.15, -0.1) is 24.9 Å². The van der Waals surface area contributed by atoms with Crippen LogP contribution < -0.4 is 4.90 Å². The number of para-hydroxylation sites is 1. The van der Waals surface area contributed by atoms with Gasteiger partial charge in [0, 0.05) is 31.1 Å². The van der Waals surface area contributed by atoms with E-state index in [0.717, 1.165) is 23.2 Å². The first-order chi connectivity index (χ1) is 19.0. The van der Waals surface area contributed by atoms with Gasteiger partial charge in [0.25, 0.3) is 5.91 Å². The van der Waals surface area contributed by atoms with Gasteiger partial charge in [-0.1, -0.05) is 51.1 Å². The van der Waals surface area contributed by atoms with Crippen LogP contribution >= 0.6 is 11.8 Å². The van der Waals surface area contributed by atoms with Crippen molar-refractivity contribution in [1.82, 2.24) is 9.80 Å². The highest BCUT2D eigenvalue weighted by molar-refractivity contribution is 8.02. The van der Waals surface area contributed by atoms with Crippen LogP contribution in [-0.2, 0) is 14.4 Å². The first-order valence-electron chi connectivity index (χ1n) is 14.4. The lowest BCUT2D eigenvalue weighted by Gasteiger charge is -2.42. The molecule has 1 spiro atoms. The summed E-state index contributed by atoms with van der Waals surface area (Å²) in [7, 11) is 1.75. The molecule has 40 heavy (non-hydrogen) atoms. The Balaban J connectivity index is 1.90. The SMILES string of the molecule is C=CCN(C)C(=O)[C@@H]1[C@H]2C(=O)N([C@@H](CO)CC(C)C)C(C(=O)N(CC=C)c3c(C)cccc3C)C23S[C@@H]1CC3C. The van der Waals surface area contributed by atoms with Crippen LogP contribution in [0.1, 0.15) is 44.7 Å². The minimum atomic E-state index is -0.799. The Kier molecular flexibility index (Phi) is 8.91. The third-order valence-electron chi connectivity index (χ3n) is 9.12. The number of nitrogens with zero attached hydrogens (tertiary/aromatic N) is 3. The van der Waals surface area contributed by atoms with E-state index in [-0.39, 0.29) is 41.4 Å². The zero-order valence-corrected chi connectivity index (χ0v) is 25.6. The van der Waals surface area contributed by atoms with Crippen molar-refractivity contribution >= 4 is 35.2 Å². The third-order valence-corrected chi connectivity index (χ3v) is 11.2. The summed E-state index contributed by atoms with van der Waals surface area (Å²) in [6, 6.07) is 4.64. The number of anilines is 1. The van der Waals surface area contributed by atoms with Gasteiger partial charge in [-0.3, -0.25) is 14.4 Å². The molecule has 1 N–H and O–H groups in total. The number of fused-ring (bicyclic) bond motifs is 1. The number of amides is 3. The van der Waals surface area contributed by atoms with Crippen molar-refractivity contribution in [2.75, 3.05) is 31.6 Å². The number of aliphatic hydroxyl groups excluding tert-OH is 1. The number of benzene rings is 1. The lowest BCUT2D eigenvalue weighted by atomic mass is 9.65. The summed E-state index contributed by atoms with van der Waals surface area (Å²) >= 11 is 1.67.